The van der Waals surface area contributed by atoms with E-state index in [1.165, 1.54) is 10.9 Å². The first-order valence-corrected chi connectivity index (χ1v) is 14.6. The van der Waals surface area contributed by atoms with Crippen LogP contribution in [0, 0.1) is 6.92 Å². The summed E-state index contributed by atoms with van der Waals surface area (Å²) < 4.78 is 0. The van der Waals surface area contributed by atoms with Gasteiger partial charge in [0.2, 0.25) is 17.8 Å². The molecule has 4 N–H and O–H groups in total. The molecule has 0 aliphatic heterocycles. The maximum atomic E-state index is 12.7. The predicted octanol–water partition coefficient (Wildman–Crippen LogP) is 5.76. The molecular weight excluding hydrogens is 542 g/mol. The number of nitrogens with zero attached hydrogens (tertiary/aromatic N) is 2. The summed E-state index contributed by atoms with van der Waals surface area (Å²) in [5, 5.41) is 20.4. The smallest absolute Gasteiger partial charge is 0.305 e. The van der Waals surface area contributed by atoms with Crippen LogP contribution in [-0.2, 0) is 14.4 Å². The zero-order valence-corrected chi connectivity index (χ0v) is 24.9. The molecule has 224 valence electrons. The van der Waals surface area contributed by atoms with E-state index in [4.69, 9.17) is 0 Å². The van der Waals surface area contributed by atoms with Gasteiger partial charge in [-0.05, 0) is 64.8 Å². The third-order valence-corrected chi connectivity index (χ3v) is 7.27. The van der Waals surface area contributed by atoms with Crippen molar-refractivity contribution in [2.24, 2.45) is 0 Å². The quantitative estimate of drug-likeness (QED) is 0.139. The highest BCUT2D eigenvalue weighted by molar-refractivity contribution is 5.98. The van der Waals surface area contributed by atoms with Crippen molar-refractivity contribution in [2.75, 3.05) is 18.4 Å². The van der Waals surface area contributed by atoms with Gasteiger partial charge in [-0.1, -0.05) is 74.5 Å². The number of nitrogens with one attached hydrogen (secondary N) is 3. The van der Waals surface area contributed by atoms with Gasteiger partial charge < -0.3 is 21.1 Å². The Morgan fingerprint density at radius 2 is 1.63 bits per heavy atom. The highest BCUT2D eigenvalue weighted by Gasteiger charge is 2.19. The molecule has 0 fully saturated rings. The molecule has 0 aliphatic rings. The summed E-state index contributed by atoms with van der Waals surface area (Å²) in [7, 11) is 0. The lowest BCUT2D eigenvalue weighted by Crippen LogP contribution is -2.39. The number of benzene rings is 3. The number of amides is 2. The minimum atomic E-state index is -1.03. The van der Waals surface area contributed by atoms with Crippen LogP contribution < -0.4 is 16.0 Å². The molecule has 2 amide bonds. The molecule has 4 rings (SSSR count). The highest BCUT2D eigenvalue weighted by Crippen LogP contribution is 2.34. The van der Waals surface area contributed by atoms with Crippen LogP contribution in [-0.4, -0.2) is 45.9 Å². The number of aryl methyl sites for hydroxylation is 1. The van der Waals surface area contributed by atoms with Gasteiger partial charge in [0.1, 0.15) is 0 Å². The van der Waals surface area contributed by atoms with Crippen LogP contribution in [0.4, 0.5) is 5.95 Å². The van der Waals surface area contributed by atoms with Crippen molar-refractivity contribution in [2.45, 2.75) is 58.4 Å². The molecule has 0 bridgehead atoms. The number of carbonyl (C=O) groups is 3. The number of aromatic nitrogens is 2. The Bertz CT molecular complexity index is 1570. The SMILES string of the molecule is Cc1ccnc(NCCCCC(=O)NCC(=O)N[C@@H](CC(=O)O)c2ccc(-c3ccc(C(C)C)c4ccccc34)cc2)n1. The summed E-state index contributed by atoms with van der Waals surface area (Å²) in [6.45, 7) is 6.66. The molecule has 1 atom stereocenters. The van der Waals surface area contributed by atoms with E-state index in [0.29, 0.717) is 30.4 Å². The van der Waals surface area contributed by atoms with Gasteiger partial charge >= 0.3 is 5.97 Å². The average Bonchev–Trinajstić information content (AvgIpc) is 2.99. The van der Waals surface area contributed by atoms with Gasteiger partial charge in [0.25, 0.3) is 0 Å². The Labute approximate surface area is 252 Å². The number of rotatable bonds is 14. The summed E-state index contributed by atoms with van der Waals surface area (Å²) in [4.78, 5) is 44.9. The van der Waals surface area contributed by atoms with Crippen molar-refractivity contribution in [3.63, 3.8) is 0 Å². The number of carboxylic acid groups (broad SMARTS) is 1. The fourth-order valence-electron chi connectivity index (χ4n) is 5.06. The number of unbranched alkanes of at least 4 members (excludes halogenated alkanes) is 1. The monoisotopic (exact) mass is 581 g/mol. The second-order valence-corrected chi connectivity index (χ2v) is 10.9. The minimum absolute atomic E-state index is 0.226. The van der Waals surface area contributed by atoms with E-state index in [0.717, 1.165) is 28.6 Å². The third-order valence-electron chi connectivity index (χ3n) is 7.27. The topological polar surface area (TPSA) is 133 Å². The molecule has 0 saturated carbocycles. The molecule has 0 radical (unpaired) electrons. The maximum absolute atomic E-state index is 12.7. The van der Waals surface area contributed by atoms with Gasteiger partial charge in [-0.2, -0.15) is 0 Å². The van der Waals surface area contributed by atoms with Crippen LogP contribution in [0.5, 0.6) is 0 Å². The number of hydrogen-bond donors (Lipinski definition) is 4. The van der Waals surface area contributed by atoms with E-state index in [1.54, 1.807) is 6.20 Å². The van der Waals surface area contributed by atoms with Crippen LogP contribution in [0.15, 0.2) is 72.9 Å². The zero-order valence-electron chi connectivity index (χ0n) is 24.9. The van der Waals surface area contributed by atoms with Crippen molar-refractivity contribution >= 4 is 34.5 Å². The normalized spacial score (nSPS) is 11.7. The Morgan fingerprint density at radius 3 is 2.33 bits per heavy atom. The molecule has 9 nitrogen and oxygen atoms in total. The lowest BCUT2D eigenvalue weighted by molar-refractivity contribution is -0.138. The van der Waals surface area contributed by atoms with E-state index in [2.05, 4.69) is 64.0 Å². The fraction of sp³-hybridized carbons (Fsp3) is 0.324. The summed E-state index contributed by atoms with van der Waals surface area (Å²) in [5.41, 5.74) is 4.94. The molecular formula is C34H39N5O4. The van der Waals surface area contributed by atoms with Gasteiger partial charge in [-0.3, -0.25) is 14.4 Å². The average molecular weight is 582 g/mol. The molecule has 0 spiro atoms. The molecule has 9 heteroatoms. The lowest BCUT2D eigenvalue weighted by Gasteiger charge is -2.19. The van der Waals surface area contributed by atoms with Crippen molar-refractivity contribution in [3.8, 4) is 11.1 Å². The van der Waals surface area contributed by atoms with Gasteiger partial charge in [0.15, 0.2) is 0 Å². The van der Waals surface area contributed by atoms with Gasteiger partial charge in [0.05, 0.1) is 19.0 Å². The summed E-state index contributed by atoms with van der Waals surface area (Å²) in [6, 6.07) is 21.3. The molecule has 1 heterocycles. The van der Waals surface area contributed by atoms with Gasteiger partial charge in [0, 0.05) is 24.9 Å². The zero-order chi connectivity index (χ0) is 30.8. The highest BCUT2D eigenvalue weighted by atomic mass is 16.4. The summed E-state index contributed by atoms with van der Waals surface area (Å²) in [5.74, 6) is -0.762. The number of carboxylic acids is 1. The largest absolute Gasteiger partial charge is 0.481 e. The molecule has 43 heavy (non-hydrogen) atoms. The van der Waals surface area contributed by atoms with Gasteiger partial charge in [-0.25, -0.2) is 9.97 Å². The molecule has 1 aromatic heterocycles. The second-order valence-electron chi connectivity index (χ2n) is 10.9. The first-order valence-electron chi connectivity index (χ1n) is 14.6. The van der Waals surface area contributed by atoms with Gasteiger partial charge in [-0.15, -0.1) is 0 Å². The van der Waals surface area contributed by atoms with Crippen LogP contribution in [0.1, 0.15) is 68.3 Å². The Balaban J connectivity index is 1.31. The third kappa shape index (κ3) is 8.85. The Kier molecular flexibility index (Phi) is 10.8. The Hall–Kier alpha value is -4.79. The van der Waals surface area contributed by atoms with Crippen molar-refractivity contribution < 1.29 is 19.5 Å². The molecule has 0 saturated heterocycles. The number of fused-ring (bicyclic) bond motifs is 1. The fourth-order valence-corrected chi connectivity index (χ4v) is 5.06. The molecule has 0 aliphatic carbocycles. The van der Waals surface area contributed by atoms with E-state index < -0.39 is 17.9 Å². The minimum Gasteiger partial charge on any atom is -0.481 e. The first-order chi connectivity index (χ1) is 20.7. The number of aliphatic carboxylic acids is 1. The summed E-state index contributed by atoms with van der Waals surface area (Å²) in [6.07, 6.45) is 3.06. The molecule has 0 unspecified atom stereocenters. The van der Waals surface area contributed by atoms with E-state index in [-0.39, 0.29) is 25.3 Å². The van der Waals surface area contributed by atoms with Crippen LogP contribution >= 0.6 is 0 Å². The predicted molar refractivity (Wildman–Crippen MR) is 169 cm³/mol. The van der Waals surface area contributed by atoms with Crippen molar-refractivity contribution in [3.05, 3.63) is 89.7 Å². The first kappa shape index (κ1) is 31.2. The molecule has 4 aromatic rings. The van der Waals surface area contributed by atoms with Crippen LogP contribution in [0.2, 0.25) is 0 Å². The van der Waals surface area contributed by atoms with E-state index in [9.17, 15) is 19.5 Å². The van der Waals surface area contributed by atoms with E-state index in [1.807, 2.05) is 49.4 Å². The molecule has 3 aromatic carbocycles. The van der Waals surface area contributed by atoms with Crippen molar-refractivity contribution in [1.82, 2.24) is 20.6 Å². The lowest BCUT2D eigenvalue weighted by atomic mass is 9.90. The number of hydrogen-bond acceptors (Lipinski definition) is 6. The van der Waals surface area contributed by atoms with Crippen LogP contribution in [0.25, 0.3) is 21.9 Å². The second kappa shape index (κ2) is 14.9. The number of anilines is 1. The van der Waals surface area contributed by atoms with E-state index >= 15 is 0 Å². The van der Waals surface area contributed by atoms with Crippen LogP contribution in [0.3, 0.4) is 0 Å². The Morgan fingerprint density at radius 1 is 0.884 bits per heavy atom. The maximum Gasteiger partial charge on any atom is 0.305 e. The number of carbonyl (C=O) groups excluding carboxylic acids is 2. The summed E-state index contributed by atoms with van der Waals surface area (Å²) >= 11 is 0. The standard InChI is InChI=1S/C34H39N5O4/c1-22(2)26-15-16-27(29-9-5-4-8-28(26)29)24-11-13-25(14-12-24)30(20-33(42)43)39-32(41)21-37-31(40)10-6-7-18-35-34-36-19-17-23(3)38-34/h4-5,8-9,11-17,19,22,30H,6-7,10,18,20-21H2,1-3H3,(H,37,40)(H,39,41)(H,42,43)(H,35,36,38)/t30-/m0/s1. The van der Waals surface area contributed by atoms with Crippen molar-refractivity contribution in [1.29, 1.82) is 0 Å².